The van der Waals surface area contributed by atoms with Gasteiger partial charge < -0.3 is 11.1 Å². The first-order chi connectivity index (χ1) is 8.24. The van der Waals surface area contributed by atoms with Gasteiger partial charge in [-0.2, -0.15) is 5.10 Å². The smallest absolute Gasteiger partial charge is 0.0625 e. The molecule has 5 nitrogen and oxygen atoms in total. The SMILES string of the molecule is CCc1cc(CN2CCNCC2CN)n(C)n1. The molecule has 0 radical (unpaired) electrons. The maximum atomic E-state index is 5.81. The summed E-state index contributed by atoms with van der Waals surface area (Å²) in [5.41, 5.74) is 8.26. The van der Waals surface area contributed by atoms with Gasteiger partial charge >= 0.3 is 0 Å². The van der Waals surface area contributed by atoms with E-state index in [-0.39, 0.29) is 0 Å². The summed E-state index contributed by atoms with van der Waals surface area (Å²) in [5.74, 6) is 0. The van der Waals surface area contributed by atoms with Gasteiger partial charge in [-0.05, 0) is 12.5 Å². The van der Waals surface area contributed by atoms with E-state index in [4.69, 9.17) is 5.73 Å². The van der Waals surface area contributed by atoms with Crippen molar-refractivity contribution >= 4 is 0 Å². The van der Waals surface area contributed by atoms with Gasteiger partial charge in [-0.3, -0.25) is 9.58 Å². The van der Waals surface area contributed by atoms with Crippen molar-refractivity contribution in [3.05, 3.63) is 17.5 Å². The molecular weight excluding hydrogens is 214 g/mol. The van der Waals surface area contributed by atoms with E-state index >= 15 is 0 Å². The molecule has 1 atom stereocenters. The van der Waals surface area contributed by atoms with E-state index in [2.05, 4.69) is 28.3 Å². The van der Waals surface area contributed by atoms with Gasteiger partial charge in [0.2, 0.25) is 0 Å². The highest BCUT2D eigenvalue weighted by atomic mass is 15.3. The monoisotopic (exact) mass is 237 g/mol. The second kappa shape index (κ2) is 5.62. The molecule has 0 bridgehead atoms. The lowest BCUT2D eigenvalue weighted by Gasteiger charge is -2.35. The van der Waals surface area contributed by atoms with E-state index in [0.29, 0.717) is 12.6 Å². The third kappa shape index (κ3) is 2.86. The van der Waals surface area contributed by atoms with E-state index in [0.717, 1.165) is 32.6 Å². The Morgan fingerprint density at radius 2 is 2.41 bits per heavy atom. The summed E-state index contributed by atoms with van der Waals surface area (Å²) in [4.78, 5) is 2.45. The predicted octanol–water partition coefficient (Wildman–Crippen LogP) is -0.285. The molecule has 0 spiro atoms. The Morgan fingerprint density at radius 1 is 1.59 bits per heavy atom. The number of hydrogen-bond donors (Lipinski definition) is 2. The Hall–Kier alpha value is -0.910. The van der Waals surface area contributed by atoms with Gasteiger partial charge in [-0.15, -0.1) is 0 Å². The largest absolute Gasteiger partial charge is 0.329 e. The molecule has 5 heteroatoms. The van der Waals surface area contributed by atoms with Crippen LogP contribution < -0.4 is 11.1 Å². The number of piperazine rings is 1. The minimum Gasteiger partial charge on any atom is -0.329 e. The van der Waals surface area contributed by atoms with Crippen LogP contribution in [0.25, 0.3) is 0 Å². The fraction of sp³-hybridized carbons (Fsp3) is 0.750. The molecule has 0 saturated carbocycles. The number of aryl methyl sites for hydroxylation is 2. The standard InChI is InChI=1S/C12H23N5/c1-3-10-6-11(16(2)15-10)9-17-5-4-14-8-12(17)7-13/h6,12,14H,3-5,7-9,13H2,1-2H3. The summed E-state index contributed by atoms with van der Waals surface area (Å²) in [5, 5.41) is 7.88. The summed E-state index contributed by atoms with van der Waals surface area (Å²) in [7, 11) is 2.02. The lowest BCUT2D eigenvalue weighted by Crippen LogP contribution is -2.53. The molecular formula is C12H23N5. The summed E-state index contributed by atoms with van der Waals surface area (Å²) in [6.07, 6.45) is 0.996. The van der Waals surface area contributed by atoms with Crippen molar-refractivity contribution in [1.82, 2.24) is 20.0 Å². The summed E-state index contributed by atoms with van der Waals surface area (Å²) >= 11 is 0. The first-order valence-corrected chi connectivity index (χ1v) is 6.41. The van der Waals surface area contributed by atoms with Gasteiger partial charge in [-0.25, -0.2) is 0 Å². The molecule has 0 aliphatic carbocycles. The topological polar surface area (TPSA) is 59.1 Å². The van der Waals surface area contributed by atoms with E-state index in [9.17, 15) is 0 Å². The van der Waals surface area contributed by atoms with E-state index < -0.39 is 0 Å². The number of aromatic nitrogens is 2. The average molecular weight is 237 g/mol. The number of hydrogen-bond acceptors (Lipinski definition) is 4. The zero-order chi connectivity index (χ0) is 12.3. The fourth-order valence-electron chi connectivity index (χ4n) is 2.34. The van der Waals surface area contributed by atoms with Crippen LogP contribution in [-0.2, 0) is 20.0 Å². The second-order valence-electron chi connectivity index (χ2n) is 4.67. The Morgan fingerprint density at radius 3 is 3.06 bits per heavy atom. The molecule has 0 amide bonds. The molecule has 3 N–H and O–H groups in total. The Balaban J connectivity index is 2.05. The van der Waals surface area contributed by atoms with E-state index in [1.54, 1.807) is 0 Å². The molecule has 96 valence electrons. The summed E-state index contributed by atoms with van der Waals surface area (Å²) < 4.78 is 1.99. The summed E-state index contributed by atoms with van der Waals surface area (Å²) in [6, 6.07) is 2.65. The zero-order valence-corrected chi connectivity index (χ0v) is 10.8. The number of nitrogens with two attached hydrogens (primary N) is 1. The zero-order valence-electron chi connectivity index (χ0n) is 10.8. The van der Waals surface area contributed by atoms with Crippen molar-refractivity contribution in [1.29, 1.82) is 0 Å². The molecule has 1 saturated heterocycles. The van der Waals surface area contributed by atoms with Gasteiger partial charge in [0.05, 0.1) is 11.4 Å². The highest BCUT2D eigenvalue weighted by Gasteiger charge is 2.21. The molecule has 2 rings (SSSR count). The molecule has 1 aromatic rings. The van der Waals surface area contributed by atoms with Gasteiger partial charge in [-0.1, -0.05) is 6.92 Å². The second-order valence-corrected chi connectivity index (χ2v) is 4.67. The molecule has 1 aliphatic heterocycles. The third-order valence-electron chi connectivity index (χ3n) is 3.50. The maximum Gasteiger partial charge on any atom is 0.0625 e. The first-order valence-electron chi connectivity index (χ1n) is 6.41. The van der Waals surface area contributed by atoms with Gasteiger partial charge in [0.25, 0.3) is 0 Å². The Kier molecular flexibility index (Phi) is 4.15. The van der Waals surface area contributed by atoms with Gasteiger partial charge in [0.1, 0.15) is 0 Å². The van der Waals surface area contributed by atoms with Crippen molar-refractivity contribution in [2.75, 3.05) is 26.2 Å². The number of nitrogens with zero attached hydrogens (tertiary/aromatic N) is 3. The van der Waals surface area contributed by atoms with Crippen molar-refractivity contribution in [2.45, 2.75) is 25.9 Å². The predicted molar refractivity (Wildman–Crippen MR) is 68.7 cm³/mol. The summed E-state index contributed by atoms with van der Waals surface area (Å²) in [6.45, 7) is 6.91. The van der Waals surface area contributed by atoms with Gasteiger partial charge in [0, 0.05) is 45.8 Å². The number of nitrogens with one attached hydrogen (secondary N) is 1. The van der Waals surface area contributed by atoms with Crippen molar-refractivity contribution in [3.8, 4) is 0 Å². The molecule has 1 aliphatic rings. The first kappa shape index (κ1) is 12.5. The molecule has 2 heterocycles. The lowest BCUT2D eigenvalue weighted by atomic mass is 10.2. The van der Waals surface area contributed by atoms with Crippen LogP contribution in [-0.4, -0.2) is 46.9 Å². The van der Waals surface area contributed by atoms with Crippen LogP contribution in [0.15, 0.2) is 6.07 Å². The minimum absolute atomic E-state index is 0.448. The van der Waals surface area contributed by atoms with Crippen LogP contribution in [0.2, 0.25) is 0 Å². The minimum atomic E-state index is 0.448. The average Bonchev–Trinajstić information content (AvgIpc) is 2.71. The van der Waals surface area contributed by atoms with Crippen molar-refractivity contribution in [2.24, 2.45) is 12.8 Å². The van der Waals surface area contributed by atoms with Crippen molar-refractivity contribution < 1.29 is 0 Å². The van der Waals surface area contributed by atoms with Crippen LogP contribution in [0.1, 0.15) is 18.3 Å². The third-order valence-corrected chi connectivity index (χ3v) is 3.50. The Bertz CT molecular complexity index is 360. The Labute approximate surface area is 103 Å². The highest BCUT2D eigenvalue weighted by Crippen LogP contribution is 2.11. The van der Waals surface area contributed by atoms with Crippen LogP contribution in [0.3, 0.4) is 0 Å². The maximum absolute atomic E-state index is 5.81. The molecule has 1 fully saturated rings. The number of rotatable bonds is 4. The van der Waals surface area contributed by atoms with Gasteiger partial charge in [0.15, 0.2) is 0 Å². The van der Waals surface area contributed by atoms with Crippen molar-refractivity contribution in [3.63, 3.8) is 0 Å². The lowest BCUT2D eigenvalue weighted by molar-refractivity contribution is 0.154. The fourth-order valence-corrected chi connectivity index (χ4v) is 2.34. The quantitative estimate of drug-likeness (QED) is 0.756. The van der Waals surface area contributed by atoms with Crippen LogP contribution in [0.5, 0.6) is 0 Å². The molecule has 17 heavy (non-hydrogen) atoms. The van der Waals surface area contributed by atoms with E-state index in [1.165, 1.54) is 11.4 Å². The normalized spacial score (nSPS) is 21.9. The van der Waals surface area contributed by atoms with Crippen LogP contribution in [0.4, 0.5) is 0 Å². The molecule has 1 aromatic heterocycles. The van der Waals surface area contributed by atoms with E-state index in [1.807, 2.05) is 11.7 Å². The molecule has 0 aromatic carbocycles. The molecule has 1 unspecified atom stereocenters. The van der Waals surface area contributed by atoms with Crippen LogP contribution in [0, 0.1) is 0 Å². The highest BCUT2D eigenvalue weighted by molar-refractivity contribution is 5.10. The van der Waals surface area contributed by atoms with Crippen LogP contribution >= 0.6 is 0 Å².